The summed E-state index contributed by atoms with van der Waals surface area (Å²) in [5.74, 6) is 0. The Kier molecular flexibility index (Phi) is 4.58. The van der Waals surface area contributed by atoms with E-state index in [9.17, 15) is 8.42 Å². The molecule has 2 heterocycles. The van der Waals surface area contributed by atoms with Crippen LogP contribution in [0.2, 0.25) is 0 Å². The summed E-state index contributed by atoms with van der Waals surface area (Å²) < 4.78 is 31.9. The third-order valence-electron chi connectivity index (χ3n) is 5.77. The lowest BCUT2D eigenvalue weighted by Gasteiger charge is -2.39. The van der Waals surface area contributed by atoms with E-state index in [1.54, 1.807) is 11.4 Å². The molecular weight excluding hydrogens is 300 g/mol. The van der Waals surface area contributed by atoms with E-state index in [0.717, 1.165) is 45.3 Å². The fourth-order valence-electron chi connectivity index (χ4n) is 4.30. The summed E-state index contributed by atoms with van der Waals surface area (Å²) >= 11 is 0. The maximum absolute atomic E-state index is 12.4. The summed E-state index contributed by atoms with van der Waals surface area (Å²) in [5, 5.41) is -0.0708. The van der Waals surface area contributed by atoms with Crippen LogP contribution in [0.4, 0.5) is 0 Å². The first kappa shape index (κ1) is 16.7. The highest BCUT2D eigenvalue weighted by atomic mass is 32.2. The quantitative estimate of drug-likeness (QED) is 0.770. The van der Waals surface area contributed by atoms with Crippen LogP contribution in [0.1, 0.15) is 46.0 Å². The molecule has 1 spiro atoms. The molecule has 0 aromatic rings. The molecule has 2 aliphatic heterocycles. The van der Waals surface area contributed by atoms with Crippen molar-refractivity contribution in [3.05, 3.63) is 0 Å². The average molecular weight is 330 g/mol. The molecule has 128 valence electrons. The van der Waals surface area contributed by atoms with Gasteiger partial charge in [-0.3, -0.25) is 4.90 Å². The van der Waals surface area contributed by atoms with Gasteiger partial charge in [-0.15, -0.1) is 0 Å². The zero-order chi connectivity index (χ0) is 16.0. The highest BCUT2D eigenvalue weighted by Gasteiger charge is 2.49. The van der Waals surface area contributed by atoms with E-state index >= 15 is 0 Å². The van der Waals surface area contributed by atoms with Crippen LogP contribution < -0.4 is 0 Å². The van der Waals surface area contributed by atoms with Gasteiger partial charge in [0, 0.05) is 38.8 Å². The standard InChI is InChI=1S/C16H30N2O3S/c1-13(2)18-12-16(10-14(18)11-21-3)6-8-17(9-7-16)22(19,20)15-4-5-15/h13-15H,4-12H2,1-3H3/t14-/m1/s1. The van der Waals surface area contributed by atoms with Gasteiger partial charge in [0.1, 0.15) is 0 Å². The number of likely N-dealkylation sites (tertiary alicyclic amines) is 1. The summed E-state index contributed by atoms with van der Waals surface area (Å²) in [6.45, 7) is 7.79. The molecule has 0 amide bonds. The first-order chi connectivity index (χ1) is 10.4. The second-order valence-electron chi connectivity index (χ2n) is 7.72. The molecule has 3 fully saturated rings. The van der Waals surface area contributed by atoms with Crippen LogP contribution in [0.15, 0.2) is 0 Å². The number of nitrogens with zero attached hydrogens (tertiary/aromatic N) is 2. The van der Waals surface area contributed by atoms with Crippen molar-refractivity contribution < 1.29 is 13.2 Å². The molecule has 1 atom stereocenters. The predicted molar refractivity (Wildman–Crippen MR) is 87.3 cm³/mol. The molecule has 1 aliphatic carbocycles. The van der Waals surface area contributed by atoms with Gasteiger partial charge in [0.15, 0.2) is 0 Å². The molecule has 22 heavy (non-hydrogen) atoms. The van der Waals surface area contributed by atoms with Crippen LogP contribution in [0, 0.1) is 5.41 Å². The number of rotatable bonds is 5. The SMILES string of the molecule is COC[C@H]1CC2(CCN(S(=O)(=O)C3CC3)CC2)CN1C(C)C. The lowest BCUT2D eigenvalue weighted by Crippen LogP contribution is -2.45. The van der Waals surface area contributed by atoms with Gasteiger partial charge >= 0.3 is 0 Å². The molecule has 0 N–H and O–H groups in total. The Bertz CT molecular complexity index is 494. The Morgan fingerprint density at radius 3 is 2.36 bits per heavy atom. The Balaban J connectivity index is 1.65. The minimum absolute atomic E-state index is 0.0708. The zero-order valence-corrected chi connectivity index (χ0v) is 14.9. The summed E-state index contributed by atoms with van der Waals surface area (Å²) in [5.41, 5.74) is 0.295. The maximum atomic E-state index is 12.4. The van der Waals surface area contributed by atoms with E-state index in [2.05, 4.69) is 18.7 Å². The minimum atomic E-state index is -2.99. The van der Waals surface area contributed by atoms with E-state index in [0.29, 0.717) is 30.6 Å². The van der Waals surface area contributed by atoms with Crippen molar-refractivity contribution in [2.75, 3.05) is 33.4 Å². The summed E-state index contributed by atoms with van der Waals surface area (Å²) in [4.78, 5) is 2.55. The lowest BCUT2D eigenvalue weighted by molar-refractivity contribution is 0.0969. The van der Waals surface area contributed by atoms with E-state index in [4.69, 9.17) is 4.74 Å². The fraction of sp³-hybridized carbons (Fsp3) is 1.00. The third-order valence-corrected chi connectivity index (χ3v) is 8.17. The van der Waals surface area contributed by atoms with Gasteiger partial charge in [-0.25, -0.2) is 12.7 Å². The third kappa shape index (κ3) is 3.07. The molecule has 0 aromatic heterocycles. The number of sulfonamides is 1. The average Bonchev–Trinajstić information content (AvgIpc) is 3.26. The Labute approximate surface area is 135 Å². The number of piperidine rings is 1. The molecule has 3 rings (SSSR count). The molecule has 6 heteroatoms. The van der Waals surface area contributed by atoms with Crippen LogP contribution >= 0.6 is 0 Å². The van der Waals surface area contributed by atoms with Gasteiger partial charge < -0.3 is 4.74 Å². The van der Waals surface area contributed by atoms with Crippen molar-refractivity contribution in [3.63, 3.8) is 0 Å². The molecular formula is C16H30N2O3S. The van der Waals surface area contributed by atoms with Crippen molar-refractivity contribution in [1.29, 1.82) is 0 Å². The van der Waals surface area contributed by atoms with Crippen molar-refractivity contribution in [1.82, 2.24) is 9.21 Å². The summed E-state index contributed by atoms with van der Waals surface area (Å²) in [6.07, 6.45) is 4.88. The molecule has 0 unspecified atom stereocenters. The van der Waals surface area contributed by atoms with Gasteiger partial charge in [0.05, 0.1) is 11.9 Å². The summed E-state index contributed by atoms with van der Waals surface area (Å²) in [6, 6.07) is 1.00. The van der Waals surface area contributed by atoms with E-state index in [1.165, 1.54) is 0 Å². The van der Waals surface area contributed by atoms with Gasteiger partial charge in [-0.05, 0) is 51.4 Å². The lowest BCUT2D eigenvalue weighted by atomic mass is 9.77. The van der Waals surface area contributed by atoms with Crippen LogP contribution in [-0.4, -0.2) is 68.3 Å². The van der Waals surface area contributed by atoms with Crippen molar-refractivity contribution in [3.8, 4) is 0 Å². The van der Waals surface area contributed by atoms with Crippen LogP contribution in [0.25, 0.3) is 0 Å². The van der Waals surface area contributed by atoms with E-state index in [-0.39, 0.29) is 5.25 Å². The van der Waals surface area contributed by atoms with Crippen LogP contribution in [-0.2, 0) is 14.8 Å². The molecule has 2 saturated heterocycles. The topological polar surface area (TPSA) is 49.9 Å². The fourth-order valence-corrected chi connectivity index (χ4v) is 6.15. The maximum Gasteiger partial charge on any atom is 0.216 e. The van der Waals surface area contributed by atoms with Crippen molar-refractivity contribution in [2.24, 2.45) is 5.41 Å². The number of hydrogen-bond donors (Lipinski definition) is 0. The Hall–Kier alpha value is -0.170. The van der Waals surface area contributed by atoms with Crippen molar-refractivity contribution >= 4 is 10.0 Å². The smallest absolute Gasteiger partial charge is 0.216 e. The first-order valence-corrected chi connectivity index (χ1v) is 10.1. The summed E-state index contributed by atoms with van der Waals surface area (Å²) in [7, 11) is -1.22. The second-order valence-corrected chi connectivity index (χ2v) is 9.94. The minimum Gasteiger partial charge on any atom is -0.383 e. The van der Waals surface area contributed by atoms with Crippen molar-refractivity contribution in [2.45, 2.75) is 63.3 Å². The Morgan fingerprint density at radius 1 is 1.23 bits per heavy atom. The van der Waals surface area contributed by atoms with E-state index in [1.807, 2.05) is 0 Å². The van der Waals surface area contributed by atoms with Crippen LogP contribution in [0.5, 0.6) is 0 Å². The van der Waals surface area contributed by atoms with Gasteiger partial charge in [-0.2, -0.15) is 0 Å². The Morgan fingerprint density at radius 2 is 1.86 bits per heavy atom. The van der Waals surface area contributed by atoms with Gasteiger partial charge in [0.25, 0.3) is 0 Å². The normalized spacial score (nSPS) is 30.5. The van der Waals surface area contributed by atoms with E-state index < -0.39 is 10.0 Å². The molecule has 0 aromatic carbocycles. The number of methoxy groups -OCH3 is 1. The highest BCUT2D eigenvalue weighted by Crippen LogP contribution is 2.45. The van der Waals surface area contributed by atoms with Crippen LogP contribution in [0.3, 0.4) is 0 Å². The molecule has 0 bridgehead atoms. The predicted octanol–water partition coefficient (Wildman–Crippen LogP) is 1.69. The number of ether oxygens (including phenoxy) is 1. The number of hydrogen-bond acceptors (Lipinski definition) is 4. The zero-order valence-electron chi connectivity index (χ0n) is 14.1. The first-order valence-electron chi connectivity index (χ1n) is 8.62. The second kappa shape index (κ2) is 6.04. The molecule has 3 aliphatic rings. The molecule has 1 saturated carbocycles. The highest BCUT2D eigenvalue weighted by molar-refractivity contribution is 7.90. The largest absolute Gasteiger partial charge is 0.383 e. The molecule has 5 nitrogen and oxygen atoms in total. The monoisotopic (exact) mass is 330 g/mol. The van der Waals surface area contributed by atoms with Gasteiger partial charge in [-0.1, -0.05) is 0 Å². The van der Waals surface area contributed by atoms with Gasteiger partial charge in [0.2, 0.25) is 10.0 Å². The molecule has 0 radical (unpaired) electrons.